The molecular weight excluding hydrogens is 244 g/mol. The average molecular weight is 255 g/mol. The second-order valence-electron chi connectivity index (χ2n) is 4.18. The Labute approximate surface area is 91.0 Å². The van der Waals surface area contributed by atoms with Gasteiger partial charge in [-0.05, 0) is 34.0 Å². The lowest BCUT2D eigenvalue weighted by Gasteiger charge is -2.29. The first-order valence-corrected chi connectivity index (χ1v) is 5.24. The van der Waals surface area contributed by atoms with Crippen molar-refractivity contribution in [2.24, 2.45) is 5.41 Å². The van der Waals surface area contributed by atoms with Crippen LogP contribution in [0, 0.1) is 5.41 Å². The third-order valence-electron chi connectivity index (χ3n) is 2.41. The van der Waals surface area contributed by atoms with Gasteiger partial charge in [0.2, 0.25) is 5.91 Å². The van der Waals surface area contributed by atoms with E-state index >= 15 is 0 Å². The SMILES string of the molecule is CC1(C)Cc2cc(Br)cnc2NC1=O. The van der Waals surface area contributed by atoms with Gasteiger partial charge in [-0.2, -0.15) is 0 Å². The summed E-state index contributed by atoms with van der Waals surface area (Å²) < 4.78 is 0.947. The molecule has 1 amide bonds. The lowest BCUT2D eigenvalue weighted by atomic mass is 9.82. The van der Waals surface area contributed by atoms with Crippen LogP contribution in [-0.4, -0.2) is 10.9 Å². The first-order valence-electron chi connectivity index (χ1n) is 4.45. The number of hydrogen-bond acceptors (Lipinski definition) is 2. The lowest BCUT2D eigenvalue weighted by Crippen LogP contribution is -2.37. The van der Waals surface area contributed by atoms with Crippen LogP contribution in [0.2, 0.25) is 0 Å². The van der Waals surface area contributed by atoms with Crippen molar-refractivity contribution >= 4 is 27.7 Å². The maximum Gasteiger partial charge on any atom is 0.231 e. The van der Waals surface area contributed by atoms with Gasteiger partial charge in [-0.1, -0.05) is 13.8 Å². The molecule has 0 saturated heterocycles. The van der Waals surface area contributed by atoms with E-state index in [9.17, 15) is 4.79 Å². The highest BCUT2D eigenvalue weighted by molar-refractivity contribution is 9.10. The van der Waals surface area contributed by atoms with Crippen molar-refractivity contribution in [3.8, 4) is 0 Å². The number of anilines is 1. The van der Waals surface area contributed by atoms with Gasteiger partial charge >= 0.3 is 0 Å². The second kappa shape index (κ2) is 3.05. The van der Waals surface area contributed by atoms with Crippen LogP contribution >= 0.6 is 15.9 Å². The number of carbonyl (C=O) groups is 1. The van der Waals surface area contributed by atoms with Gasteiger partial charge in [-0.15, -0.1) is 0 Å². The molecule has 1 aliphatic heterocycles. The molecule has 1 aliphatic rings. The molecule has 2 rings (SSSR count). The van der Waals surface area contributed by atoms with Crippen molar-refractivity contribution in [3.05, 3.63) is 22.3 Å². The molecule has 2 heterocycles. The van der Waals surface area contributed by atoms with Gasteiger partial charge in [0.15, 0.2) is 0 Å². The highest BCUT2D eigenvalue weighted by Gasteiger charge is 2.33. The molecule has 4 heteroatoms. The summed E-state index contributed by atoms with van der Waals surface area (Å²) in [7, 11) is 0. The smallest absolute Gasteiger partial charge is 0.231 e. The zero-order valence-corrected chi connectivity index (χ0v) is 9.68. The summed E-state index contributed by atoms with van der Waals surface area (Å²) in [6, 6.07) is 2.00. The minimum Gasteiger partial charge on any atom is -0.310 e. The van der Waals surface area contributed by atoms with E-state index < -0.39 is 0 Å². The molecule has 0 unspecified atom stereocenters. The van der Waals surface area contributed by atoms with Crippen molar-refractivity contribution in [2.75, 3.05) is 5.32 Å². The van der Waals surface area contributed by atoms with Crippen LogP contribution in [0.1, 0.15) is 19.4 Å². The predicted molar refractivity (Wildman–Crippen MR) is 58.1 cm³/mol. The summed E-state index contributed by atoms with van der Waals surface area (Å²) in [6.07, 6.45) is 2.43. The minimum atomic E-state index is -0.338. The lowest BCUT2D eigenvalue weighted by molar-refractivity contribution is -0.124. The van der Waals surface area contributed by atoms with E-state index in [-0.39, 0.29) is 11.3 Å². The number of fused-ring (bicyclic) bond motifs is 1. The first kappa shape index (κ1) is 9.65. The van der Waals surface area contributed by atoms with E-state index in [1.807, 2.05) is 19.9 Å². The monoisotopic (exact) mass is 254 g/mol. The molecule has 14 heavy (non-hydrogen) atoms. The molecule has 0 saturated carbocycles. The van der Waals surface area contributed by atoms with Gasteiger partial charge in [0.1, 0.15) is 5.82 Å². The number of aromatic nitrogens is 1. The Hall–Kier alpha value is -0.900. The van der Waals surface area contributed by atoms with Crippen LogP contribution in [0.3, 0.4) is 0 Å². The Morgan fingerprint density at radius 1 is 1.57 bits per heavy atom. The number of amides is 1. The van der Waals surface area contributed by atoms with Crippen LogP contribution in [0.25, 0.3) is 0 Å². The maximum absolute atomic E-state index is 11.6. The van der Waals surface area contributed by atoms with Gasteiger partial charge in [-0.3, -0.25) is 4.79 Å². The number of hydrogen-bond donors (Lipinski definition) is 1. The fourth-order valence-electron chi connectivity index (χ4n) is 1.56. The van der Waals surface area contributed by atoms with Gasteiger partial charge in [-0.25, -0.2) is 4.98 Å². The number of rotatable bonds is 0. The summed E-state index contributed by atoms with van der Waals surface area (Å²) >= 11 is 3.37. The maximum atomic E-state index is 11.6. The van der Waals surface area contributed by atoms with Crippen molar-refractivity contribution < 1.29 is 4.79 Å². The summed E-state index contributed by atoms with van der Waals surface area (Å²) in [5.41, 5.74) is 0.749. The molecule has 0 radical (unpaired) electrons. The summed E-state index contributed by atoms with van der Waals surface area (Å²) in [6.45, 7) is 3.87. The Bertz CT molecular complexity index is 401. The molecule has 1 N–H and O–H groups in total. The number of pyridine rings is 1. The zero-order valence-electron chi connectivity index (χ0n) is 8.10. The minimum absolute atomic E-state index is 0.0415. The molecule has 0 aromatic carbocycles. The van der Waals surface area contributed by atoms with Crippen LogP contribution in [0.15, 0.2) is 16.7 Å². The zero-order chi connectivity index (χ0) is 10.3. The van der Waals surface area contributed by atoms with E-state index in [2.05, 4.69) is 26.2 Å². The molecule has 0 fully saturated rings. The van der Waals surface area contributed by atoms with Gasteiger partial charge in [0.25, 0.3) is 0 Å². The fourth-order valence-corrected chi connectivity index (χ4v) is 1.94. The number of halogens is 1. The van der Waals surface area contributed by atoms with E-state index in [4.69, 9.17) is 0 Å². The van der Waals surface area contributed by atoms with Crippen LogP contribution in [-0.2, 0) is 11.2 Å². The Morgan fingerprint density at radius 2 is 2.29 bits per heavy atom. The predicted octanol–water partition coefficient (Wildman–Crippen LogP) is 2.36. The van der Waals surface area contributed by atoms with E-state index in [1.165, 1.54) is 0 Å². The molecule has 0 atom stereocenters. The average Bonchev–Trinajstić information content (AvgIpc) is 2.07. The normalized spacial score (nSPS) is 18.6. The topological polar surface area (TPSA) is 42.0 Å². The van der Waals surface area contributed by atoms with Crippen molar-refractivity contribution in [3.63, 3.8) is 0 Å². The molecule has 1 aromatic heterocycles. The summed E-state index contributed by atoms with van der Waals surface area (Å²) in [5, 5.41) is 2.81. The molecule has 74 valence electrons. The van der Waals surface area contributed by atoms with E-state index in [0.29, 0.717) is 5.82 Å². The third-order valence-corrected chi connectivity index (χ3v) is 2.85. The van der Waals surface area contributed by atoms with Crippen molar-refractivity contribution in [1.29, 1.82) is 0 Å². The largest absolute Gasteiger partial charge is 0.310 e. The molecular formula is C10H11BrN2O. The Balaban J connectivity index is 2.46. The molecule has 0 spiro atoms. The molecule has 0 aliphatic carbocycles. The highest BCUT2D eigenvalue weighted by Crippen LogP contribution is 2.32. The van der Waals surface area contributed by atoms with Crippen molar-refractivity contribution in [1.82, 2.24) is 4.98 Å². The second-order valence-corrected chi connectivity index (χ2v) is 5.09. The number of nitrogens with one attached hydrogen (secondary N) is 1. The first-order chi connectivity index (χ1) is 6.49. The third kappa shape index (κ3) is 1.54. The standard InChI is InChI=1S/C10H11BrN2O/c1-10(2)4-6-3-7(11)5-12-8(6)13-9(10)14/h3,5H,4H2,1-2H3,(H,12,13,14). The van der Waals surface area contributed by atoms with Crippen LogP contribution in [0.4, 0.5) is 5.82 Å². The summed E-state index contributed by atoms with van der Waals surface area (Å²) in [5.74, 6) is 0.734. The Morgan fingerprint density at radius 3 is 3.00 bits per heavy atom. The quantitative estimate of drug-likeness (QED) is 0.773. The van der Waals surface area contributed by atoms with Gasteiger partial charge in [0.05, 0.1) is 0 Å². The van der Waals surface area contributed by atoms with Crippen LogP contribution < -0.4 is 5.32 Å². The molecule has 0 bridgehead atoms. The highest BCUT2D eigenvalue weighted by atomic mass is 79.9. The molecule has 3 nitrogen and oxygen atoms in total. The van der Waals surface area contributed by atoms with Crippen molar-refractivity contribution in [2.45, 2.75) is 20.3 Å². The fraction of sp³-hybridized carbons (Fsp3) is 0.400. The number of nitrogens with zero attached hydrogens (tertiary/aromatic N) is 1. The van der Waals surface area contributed by atoms with Gasteiger partial charge < -0.3 is 5.32 Å². The van der Waals surface area contributed by atoms with E-state index in [1.54, 1.807) is 6.20 Å². The summed E-state index contributed by atoms with van der Waals surface area (Å²) in [4.78, 5) is 15.8. The Kier molecular flexibility index (Phi) is 2.10. The molecule has 1 aromatic rings. The van der Waals surface area contributed by atoms with Crippen LogP contribution in [0.5, 0.6) is 0 Å². The number of carbonyl (C=O) groups excluding carboxylic acids is 1. The van der Waals surface area contributed by atoms with Gasteiger partial charge in [0, 0.05) is 16.1 Å². The van der Waals surface area contributed by atoms with E-state index in [0.717, 1.165) is 16.5 Å².